The Morgan fingerprint density at radius 2 is 1.86 bits per heavy atom. The van der Waals surface area contributed by atoms with Crippen molar-refractivity contribution in [2.75, 3.05) is 12.4 Å². The van der Waals surface area contributed by atoms with Gasteiger partial charge in [0.05, 0.1) is 17.1 Å². The van der Waals surface area contributed by atoms with E-state index in [1.54, 1.807) is 48.5 Å². The normalized spacial score (nSPS) is 10.3. The SMILES string of the molecule is COc1ccc(C(=O)Nc2cccc([N+](=O)[O-])c2)cc1COc1ccccc1Cl. The predicted octanol–water partition coefficient (Wildman–Crippen LogP) is 5.09. The molecule has 1 amide bonds. The summed E-state index contributed by atoms with van der Waals surface area (Å²) in [7, 11) is 1.52. The molecule has 3 aromatic carbocycles. The summed E-state index contributed by atoms with van der Waals surface area (Å²) >= 11 is 6.10. The quantitative estimate of drug-likeness (QED) is 0.431. The lowest BCUT2D eigenvalue weighted by atomic mass is 10.1. The maximum Gasteiger partial charge on any atom is 0.271 e. The summed E-state index contributed by atoms with van der Waals surface area (Å²) in [4.78, 5) is 23.0. The minimum Gasteiger partial charge on any atom is -0.496 e. The van der Waals surface area contributed by atoms with Crippen molar-refractivity contribution in [1.29, 1.82) is 0 Å². The molecule has 0 unspecified atom stereocenters. The third-order valence-corrected chi connectivity index (χ3v) is 4.39. The number of benzene rings is 3. The molecule has 29 heavy (non-hydrogen) atoms. The molecule has 0 bridgehead atoms. The van der Waals surface area contributed by atoms with Crippen LogP contribution in [0.3, 0.4) is 0 Å². The van der Waals surface area contributed by atoms with E-state index in [0.29, 0.717) is 33.3 Å². The van der Waals surface area contributed by atoms with Crippen LogP contribution in [0.5, 0.6) is 11.5 Å². The number of amides is 1. The fraction of sp³-hybridized carbons (Fsp3) is 0.0952. The van der Waals surface area contributed by atoms with Gasteiger partial charge in [0.25, 0.3) is 11.6 Å². The smallest absolute Gasteiger partial charge is 0.271 e. The van der Waals surface area contributed by atoms with Gasteiger partial charge < -0.3 is 14.8 Å². The Labute approximate surface area is 172 Å². The number of anilines is 1. The number of nitro benzene ring substituents is 1. The molecule has 0 radical (unpaired) electrons. The number of nitro groups is 1. The Morgan fingerprint density at radius 1 is 1.07 bits per heavy atom. The van der Waals surface area contributed by atoms with Crippen LogP contribution in [-0.4, -0.2) is 17.9 Å². The van der Waals surface area contributed by atoms with Crippen molar-refractivity contribution in [2.45, 2.75) is 6.61 Å². The second-order valence-electron chi connectivity index (χ2n) is 6.01. The Kier molecular flexibility index (Phi) is 6.31. The summed E-state index contributed by atoms with van der Waals surface area (Å²) in [5, 5.41) is 14.0. The van der Waals surface area contributed by atoms with E-state index in [1.165, 1.54) is 25.3 Å². The lowest BCUT2D eigenvalue weighted by Gasteiger charge is -2.13. The van der Waals surface area contributed by atoms with Gasteiger partial charge in [0.2, 0.25) is 0 Å². The van der Waals surface area contributed by atoms with Crippen LogP contribution >= 0.6 is 11.6 Å². The standard InChI is InChI=1S/C21H17ClN2O5/c1-28-19-10-9-14(11-15(19)13-29-20-8-3-2-7-18(20)22)21(25)23-16-5-4-6-17(12-16)24(26)27/h2-12H,13H2,1H3,(H,23,25). The van der Waals surface area contributed by atoms with E-state index in [4.69, 9.17) is 21.1 Å². The number of carbonyl (C=O) groups is 1. The second-order valence-corrected chi connectivity index (χ2v) is 6.41. The summed E-state index contributed by atoms with van der Waals surface area (Å²) in [6, 6.07) is 17.7. The fourth-order valence-corrected chi connectivity index (χ4v) is 2.84. The minimum absolute atomic E-state index is 0.105. The van der Waals surface area contributed by atoms with Crippen LogP contribution in [0.25, 0.3) is 0 Å². The Hall–Kier alpha value is -3.58. The van der Waals surface area contributed by atoms with Gasteiger partial charge in [-0.15, -0.1) is 0 Å². The maximum absolute atomic E-state index is 12.6. The van der Waals surface area contributed by atoms with Crippen LogP contribution in [0.1, 0.15) is 15.9 Å². The molecular weight excluding hydrogens is 396 g/mol. The highest BCUT2D eigenvalue weighted by Gasteiger charge is 2.13. The zero-order chi connectivity index (χ0) is 20.8. The van der Waals surface area contributed by atoms with Gasteiger partial charge in [-0.05, 0) is 36.4 Å². The first kappa shape index (κ1) is 20.2. The topological polar surface area (TPSA) is 90.7 Å². The summed E-state index contributed by atoms with van der Waals surface area (Å²) in [5.41, 5.74) is 1.23. The molecule has 0 atom stereocenters. The number of ether oxygens (including phenoxy) is 2. The highest BCUT2D eigenvalue weighted by Crippen LogP contribution is 2.27. The number of rotatable bonds is 7. The molecule has 0 aliphatic rings. The third-order valence-electron chi connectivity index (χ3n) is 4.08. The van der Waals surface area contributed by atoms with Gasteiger partial charge >= 0.3 is 0 Å². The molecule has 8 heteroatoms. The van der Waals surface area contributed by atoms with Crippen LogP contribution < -0.4 is 14.8 Å². The van der Waals surface area contributed by atoms with E-state index in [0.717, 1.165) is 0 Å². The van der Waals surface area contributed by atoms with Gasteiger partial charge in [0, 0.05) is 28.9 Å². The van der Waals surface area contributed by atoms with Crippen molar-refractivity contribution < 1.29 is 19.2 Å². The van der Waals surface area contributed by atoms with Crippen LogP contribution in [0.2, 0.25) is 5.02 Å². The predicted molar refractivity (Wildman–Crippen MR) is 110 cm³/mol. The van der Waals surface area contributed by atoms with Crippen molar-refractivity contribution in [3.05, 3.63) is 93.0 Å². The highest BCUT2D eigenvalue weighted by molar-refractivity contribution is 6.32. The number of methoxy groups -OCH3 is 1. The monoisotopic (exact) mass is 412 g/mol. The first-order valence-electron chi connectivity index (χ1n) is 8.58. The molecule has 0 fully saturated rings. The van der Waals surface area contributed by atoms with Crippen LogP contribution in [0.4, 0.5) is 11.4 Å². The zero-order valence-electron chi connectivity index (χ0n) is 15.4. The van der Waals surface area contributed by atoms with Crippen LogP contribution in [0, 0.1) is 10.1 Å². The number of halogens is 1. The average Bonchev–Trinajstić information content (AvgIpc) is 2.73. The van der Waals surface area contributed by atoms with Gasteiger partial charge in [0.1, 0.15) is 18.1 Å². The minimum atomic E-state index is -0.521. The number of hydrogen-bond acceptors (Lipinski definition) is 5. The highest BCUT2D eigenvalue weighted by atomic mass is 35.5. The van der Waals surface area contributed by atoms with E-state index in [2.05, 4.69) is 5.32 Å². The second kappa shape index (κ2) is 9.07. The first-order chi connectivity index (χ1) is 14.0. The van der Waals surface area contributed by atoms with Gasteiger partial charge in [-0.1, -0.05) is 29.8 Å². The van der Waals surface area contributed by atoms with E-state index >= 15 is 0 Å². The molecule has 148 valence electrons. The molecule has 0 saturated heterocycles. The molecule has 1 N–H and O–H groups in total. The third kappa shape index (κ3) is 5.03. The Balaban J connectivity index is 1.78. The molecule has 0 spiro atoms. The van der Waals surface area contributed by atoms with E-state index in [-0.39, 0.29) is 12.3 Å². The molecule has 0 saturated carbocycles. The van der Waals surface area contributed by atoms with Gasteiger partial charge in [-0.3, -0.25) is 14.9 Å². The molecule has 0 aliphatic carbocycles. The molecule has 7 nitrogen and oxygen atoms in total. The molecule has 0 aliphatic heterocycles. The fourth-order valence-electron chi connectivity index (χ4n) is 2.65. The molecule has 3 rings (SSSR count). The molecule has 0 heterocycles. The van der Waals surface area contributed by atoms with E-state index in [1.807, 2.05) is 0 Å². The summed E-state index contributed by atoms with van der Waals surface area (Å²) in [5.74, 6) is 0.666. The summed E-state index contributed by atoms with van der Waals surface area (Å²) < 4.78 is 11.1. The van der Waals surface area contributed by atoms with Gasteiger partial charge in [0.15, 0.2) is 0 Å². The largest absolute Gasteiger partial charge is 0.496 e. The molecule has 3 aromatic rings. The number of non-ortho nitro benzene ring substituents is 1. The molecular formula is C21H17ClN2O5. The first-order valence-corrected chi connectivity index (χ1v) is 8.96. The Morgan fingerprint density at radius 3 is 2.59 bits per heavy atom. The average molecular weight is 413 g/mol. The van der Waals surface area contributed by atoms with Crippen LogP contribution in [0.15, 0.2) is 66.7 Å². The Bertz CT molecular complexity index is 1050. The van der Waals surface area contributed by atoms with Crippen molar-refractivity contribution in [2.24, 2.45) is 0 Å². The molecule has 0 aromatic heterocycles. The van der Waals surface area contributed by atoms with Crippen molar-refractivity contribution >= 4 is 28.9 Å². The zero-order valence-corrected chi connectivity index (χ0v) is 16.2. The van der Waals surface area contributed by atoms with Crippen molar-refractivity contribution in [3.63, 3.8) is 0 Å². The van der Waals surface area contributed by atoms with E-state index in [9.17, 15) is 14.9 Å². The summed E-state index contributed by atoms with van der Waals surface area (Å²) in [6.07, 6.45) is 0. The summed E-state index contributed by atoms with van der Waals surface area (Å²) in [6.45, 7) is 0.144. The van der Waals surface area contributed by atoms with Gasteiger partial charge in [-0.25, -0.2) is 0 Å². The van der Waals surface area contributed by atoms with Crippen LogP contribution in [-0.2, 0) is 6.61 Å². The number of hydrogen-bond donors (Lipinski definition) is 1. The number of para-hydroxylation sites is 1. The number of nitrogens with one attached hydrogen (secondary N) is 1. The maximum atomic E-state index is 12.6. The van der Waals surface area contributed by atoms with E-state index < -0.39 is 10.8 Å². The van der Waals surface area contributed by atoms with Crippen molar-refractivity contribution in [1.82, 2.24) is 0 Å². The van der Waals surface area contributed by atoms with Gasteiger partial charge in [-0.2, -0.15) is 0 Å². The lowest BCUT2D eigenvalue weighted by Crippen LogP contribution is -2.13. The number of nitrogens with zero attached hydrogens (tertiary/aromatic N) is 1. The van der Waals surface area contributed by atoms with Crippen molar-refractivity contribution in [3.8, 4) is 11.5 Å². The lowest BCUT2D eigenvalue weighted by molar-refractivity contribution is -0.384. The number of carbonyl (C=O) groups excluding carboxylic acids is 1.